The number of nitrogens with zero attached hydrogens (tertiary/aromatic N) is 2. The van der Waals surface area contributed by atoms with Crippen LogP contribution in [0.5, 0.6) is 0 Å². The molecule has 1 aromatic carbocycles. The molecule has 1 heterocycles. The van der Waals surface area contributed by atoms with Crippen molar-refractivity contribution < 1.29 is 18.0 Å². The summed E-state index contributed by atoms with van der Waals surface area (Å²) in [5.74, 6) is -0.383. The van der Waals surface area contributed by atoms with E-state index in [0.717, 1.165) is 22.3 Å². The fourth-order valence-corrected chi connectivity index (χ4v) is 5.41. The summed E-state index contributed by atoms with van der Waals surface area (Å²) in [6, 6.07) is 2.01. The topological polar surface area (TPSA) is 86.8 Å². The maximum atomic E-state index is 13.3. The second kappa shape index (κ2) is 8.44. The second-order valence-corrected chi connectivity index (χ2v) is 10.7. The fourth-order valence-electron chi connectivity index (χ4n) is 3.41. The average Bonchev–Trinajstić information content (AvgIpc) is 2.63. The Bertz CT molecular complexity index is 883. The molecule has 0 aromatic heterocycles. The summed E-state index contributed by atoms with van der Waals surface area (Å²) in [5, 5.41) is 2.65. The lowest BCUT2D eigenvalue weighted by atomic mass is 9.96. The summed E-state index contributed by atoms with van der Waals surface area (Å²) in [4.78, 5) is 26.3. The van der Waals surface area contributed by atoms with E-state index in [9.17, 15) is 18.0 Å². The summed E-state index contributed by atoms with van der Waals surface area (Å²) in [6.07, 6.45) is 0. The molecule has 1 aliphatic heterocycles. The Morgan fingerprint density at radius 1 is 0.966 bits per heavy atom. The normalized spacial score (nSPS) is 16.0. The number of carbonyl (C=O) groups excluding carboxylic acids is 2. The summed E-state index contributed by atoms with van der Waals surface area (Å²) in [5.41, 5.74) is 2.90. The van der Waals surface area contributed by atoms with Crippen LogP contribution >= 0.6 is 0 Å². The standard InChI is InChI=1S/C21H33N3O4S/c1-14-12-15(2)17(4)19(16(14)3)29(27,28)24-10-8-23(9-11-24)18(25)13-22-20(26)21(5,6)7/h12H,8-11,13H2,1-7H3,(H,22,26). The van der Waals surface area contributed by atoms with E-state index >= 15 is 0 Å². The molecule has 2 amide bonds. The summed E-state index contributed by atoms with van der Waals surface area (Å²) < 4.78 is 28.1. The number of benzene rings is 1. The second-order valence-electron chi connectivity index (χ2n) is 8.81. The Labute approximate surface area is 174 Å². The molecule has 8 heteroatoms. The quantitative estimate of drug-likeness (QED) is 0.802. The van der Waals surface area contributed by atoms with E-state index in [1.807, 2.05) is 33.8 Å². The molecule has 0 atom stereocenters. The van der Waals surface area contributed by atoms with Gasteiger partial charge < -0.3 is 10.2 Å². The van der Waals surface area contributed by atoms with Gasteiger partial charge in [0.25, 0.3) is 0 Å². The highest BCUT2D eigenvalue weighted by atomic mass is 32.2. The Morgan fingerprint density at radius 2 is 1.45 bits per heavy atom. The maximum Gasteiger partial charge on any atom is 0.243 e. The van der Waals surface area contributed by atoms with E-state index in [-0.39, 0.29) is 31.4 Å². The van der Waals surface area contributed by atoms with Gasteiger partial charge in [-0.2, -0.15) is 4.31 Å². The first-order chi connectivity index (χ1) is 13.3. The van der Waals surface area contributed by atoms with Crippen LogP contribution in [0, 0.1) is 33.1 Å². The first kappa shape index (κ1) is 23.3. The van der Waals surface area contributed by atoms with Crippen LogP contribution in [0.15, 0.2) is 11.0 Å². The Morgan fingerprint density at radius 3 is 1.90 bits per heavy atom. The molecule has 1 aliphatic rings. The molecule has 0 bridgehead atoms. The molecular formula is C21H33N3O4S. The zero-order chi connectivity index (χ0) is 22.1. The molecule has 29 heavy (non-hydrogen) atoms. The number of sulfonamides is 1. The van der Waals surface area contributed by atoms with Crippen molar-refractivity contribution in [2.24, 2.45) is 5.41 Å². The monoisotopic (exact) mass is 423 g/mol. The van der Waals surface area contributed by atoms with Crippen molar-refractivity contribution in [3.8, 4) is 0 Å². The molecule has 0 spiro atoms. The smallest absolute Gasteiger partial charge is 0.243 e. The van der Waals surface area contributed by atoms with E-state index in [2.05, 4.69) is 5.32 Å². The van der Waals surface area contributed by atoms with Crippen molar-refractivity contribution in [3.05, 3.63) is 28.3 Å². The van der Waals surface area contributed by atoms with Gasteiger partial charge in [-0.15, -0.1) is 0 Å². The summed E-state index contributed by atoms with van der Waals surface area (Å²) in [6.45, 7) is 13.9. The SMILES string of the molecule is Cc1cc(C)c(C)c(S(=O)(=O)N2CCN(C(=O)CNC(=O)C(C)(C)C)CC2)c1C. The number of carbonyl (C=O) groups is 2. The van der Waals surface area contributed by atoms with E-state index in [1.54, 1.807) is 25.7 Å². The van der Waals surface area contributed by atoms with Gasteiger partial charge in [-0.05, 0) is 49.9 Å². The number of aryl methyl sites for hydroxylation is 2. The van der Waals surface area contributed by atoms with Gasteiger partial charge in [0.2, 0.25) is 21.8 Å². The minimum absolute atomic E-state index is 0.0713. The van der Waals surface area contributed by atoms with Crippen LogP contribution < -0.4 is 5.32 Å². The van der Waals surface area contributed by atoms with Gasteiger partial charge in [0.05, 0.1) is 11.4 Å². The zero-order valence-electron chi connectivity index (χ0n) is 18.5. The summed E-state index contributed by atoms with van der Waals surface area (Å²) in [7, 11) is -3.64. The minimum Gasteiger partial charge on any atom is -0.347 e. The van der Waals surface area contributed by atoms with Crippen molar-refractivity contribution in [2.45, 2.75) is 53.4 Å². The molecule has 1 N–H and O–H groups in total. The average molecular weight is 424 g/mol. The van der Waals surface area contributed by atoms with E-state index in [4.69, 9.17) is 0 Å². The number of nitrogens with one attached hydrogen (secondary N) is 1. The van der Waals surface area contributed by atoms with Crippen LogP contribution in [0.1, 0.15) is 43.0 Å². The Hall–Kier alpha value is -1.93. The Balaban J connectivity index is 2.08. The van der Waals surface area contributed by atoms with Gasteiger partial charge in [-0.3, -0.25) is 9.59 Å². The molecule has 0 aliphatic carbocycles. The van der Waals surface area contributed by atoms with Gasteiger partial charge in [0, 0.05) is 31.6 Å². The largest absolute Gasteiger partial charge is 0.347 e. The van der Waals surface area contributed by atoms with Crippen LogP contribution in [0.4, 0.5) is 0 Å². The number of piperazine rings is 1. The zero-order valence-corrected chi connectivity index (χ0v) is 19.4. The first-order valence-electron chi connectivity index (χ1n) is 9.90. The Kier molecular flexibility index (Phi) is 6.79. The molecular weight excluding hydrogens is 390 g/mol. The molecule has 0 unspecified atom stereocenters. The molecule has 1 aromatic rings. The molecule has 0 saturated carbocycles. The van der Waals surface area contributed by atoms with Gasteiger partial charge in [0.15, 0.2) is 0 Å². The van der Waals surface area contributed by atoms with Crippen LogP contribution in [-0.4, -0.2) is 62.2 Å². The van der Waals surface area contributed by atoms with Crippen LogP contribution in [-0.2, 0) is 19.6 Å². The van der Waals surface area contributed by atoms with Gasteiger partial charge in [-0.25, -0.2) is 8.42 Å². The lowest BCUT2D eigenvalue weighted by molar-refractivity contribution is -0.135. The third kappa shape index (κ3) is 4.98. The third-order valence-electron chi connectivity index (χ3n) is 5.57. The van der Waals surface area contributed by atoms with Crippen molar-refractivity contribution in [3.63, 3.8) is 0 Å². The van der Waals surface area contributed by atoms with Crippen molar-refractivity contribution in [1.82, 2.24) is 14.5 Å². The van der Waals surface area contributed by atoms with E-state index in [0.29, 0.717) is 18.0 Å². The van der Waals surface area contributed by atoms with E-state index in [1.165, 1.54) is 4.31 Å². The van der Waals surface area contributed by atoms with Crippen molar-refractivity contribution in [2.75, 3.05) is 32.7 Å². The number of hydrogen-bond acceptors (Lipinski definition) is 4. The highest BCUT2D eigenvalue weighted by Gasteiger charge is 2.33. The minimum atomic E-state index is -3.64. The molecule has 1 fully saturated rings. The highest BCUT2D eigenvalue weighted by Crippen LogP contribution is 2.29. The van der Waals surface area contributed by atoms with Crippen molar-refractivity contribution >= 4 is 21.8 Å². The third-order valence-corrected chi connectivity index (χ3v) is 7.74. The van der Waals surface area contributed by atoms with Crippen LogP contribution in [0.3, 0.4) is 0 Å². The fraction of sp³-hybridized carbons (Fsp3) is 0.619. The van der Waals surface area contributed by atoms with Crippen LogP contribution in [0.25, 0.3) is 0 Å². The molecule has 162 valence electrons. The summed E-state index contributed by atoms with van der Waals surface area (Å²) >= 11 is 0. The lowest BCUT2D eigenvalue weighted by Crippen LogP contribution is -2.53. The van der Waals surface area contributed by atoms with Gasteiger partial charge in [0.1, 0.15) is 0 Å². The molecule has 2 rings (SSSR count). The van der Waals surface area contributed by atoms with E-state index < -0.39 is 15.4 Å². The number of hydrogen-bond donors (Lipinski definition) is 1. The number of rotatable bonds is 4. The molecule has 1 saturated heterocycles. The molecule has 7 nitrogen and oxygen atoms in total. The highest BCUT2D eigenvalue weighted by molar-refractivity contribution is 7.89. The molecule has 0 radical (unpaired) electrons. The lowest BCUT2D eigenvalue weighted by Gasteiger charge is -2.35. The van der Waals surface area contributed by atoms with Gasteiger partial charge in [-0.1, -0.05) is 26.8 Å². The first-order valence-corrected chi connectivity index (χ1v) is 11.3. The van der Waals surface area contributed by atoms with Crippen LogP contribution in [0.2, 0.25) is 0 Å². The van der Waals surface area contributed by atoms with Crippen molar-refractivity contribution in [1.29, 1.82) is 0 Å². The predicted octanol–water partition coefficient (Wildman–Crippen LogP) is 1.92. The maximum absolute atomic E-state index is 13.3. The predicted molar refractivity (Wildman–Crippen MR) is 113 cm³/mol. The number of amides is 2. The van der Waals surface area contributed by atoms with Gasteiger partial charge >= 0.3 is 0 Å².